The van der Waals surface area contributed by atoms with Crippen molar-refractivity contribution in [2.75, 3.05) is 0 Å². The highest BCUT2D eigenvalue weighted by molar-refractivity contribution is 7.09. The van der Waals surface area contributed by atoms with E-state index in [2.05, 4.69) is 4.98 Å². The molecular formula is C8H13NOS. The summed E-state index contributed by atoms with van der Waals surface area (Å²) in [5, 5.41) is 12.3. The van der Waals surface area contributed by atoms with Crippen molar-refractivity contribution < 1.29 is 5.11 Å². The lowest BCUT2D eigenvalue weighted by atomic mass is 10.1. The second-order valence-electron chi connectivity index (χ2n) is 2.53. The second kappa shape index (κ2) is 4.46. The van der Waals surface area contributed by atoms with E-state index in [0.29, 0.717) is 0 Å². The molecule has 0 radical (unpaired) electrons. The third-order valence-electron chi connectivity index (χ3n) is 1.65. The SMILES string of the molecule is CCC(O)CCc1nccs1. The minimum absolute atomic E-state index is 0.154. The molecule has 0 aliphatic rings. The zero-order valence-electron chi connectivity index (χ0n) is 6.66. The van der Waals surface area contributed by atoms with E-state index < -0.39 is 0 Å². The molecular weight excluding hydrogens is 158 g/mol. The van der Waals surface area contributed by atoms with Gasteiger partial charge >= 0.3 is 0 Å². The molecule has 1 aromatic rings. The fraction of sp³-hybridized carbons (Fsp3) is 0.625. The molecule has 0 spiro atoms. The topological polar surface area (TPSA) is 33.1 Å². The van der Waals surface area contributed by atoms with Crippen molar-refractivity contribution in [1.82, 2.24) is 4.98 Å². The van der Waals surface area contributed by atoms with Gasteiger partial charge in [0.2, 0.25) is 0 Å². The highest BCUT2D eigenvalue weighted by Gasteiger charge is 2.01. The van der Waals surface area contributed by atoms with Crippen LogP contribution in [0.15, 0.2) is 11.6 Å². The van der Waals surface area contributed by atoms with E-state index in [-0.39, 0.29) is 6.10 Å². The van der Waals surface area contributed by atoms with Crippen LogP contribution < -0.4 is 0 Å². The molecule has 0 saturated carbocycles. The van der Waals surface area contributed by atoms with Crippen molar-refractivity contribution >= 4 is 11.3 Å². The van der Waals surface area contributed by atoms with Gasteiger partial charge in [0.1, 0.15) is 0 Å². The van der Waals surface area contributed by atoms with Gasteiger partial charge in [-0.05, 0) is 12.8 Å². The van der Waals surface area contributed by atoms with E-state index in [1.54, 1.807) is 17.5 Å². The molecule has 1 atom stereocenters. The van der Waals surface area contributed by atoms with E-state index >= 15 is 0 Å². The summed E-state index contributed by atoms with van der Waals surface area (Å²) in [6.45, 7) is 1.99. The monoisotopic (exact) mass is 171 g/mol. The quantitative estimate of drug-likeness (QED) is 0.750. The maximum atomic E-state index is 9.23. The minimum atomic E-state index is -0.154. The summed E-state index contributed by atoms with van der Waals surface area (Å²) in [4.78, 5) is 4.13. The van der Waals surface area contributed by atoms with Gasteiger partial charge in [0.05, 0.1) is 11.1 Å². The van der Waals surface area contributed by atoms with Gasteiger partial charge in [-0.25, -0.2) is 4.98 Å². The molecule has 0 aromatic carbocycles. The van der Waals surface area contributed by atoms with Gasteiger partial charge in [-0.2, -0.15) is 0 Å². The first-order valence-electron chi connectivity index (χ1n) is 3.89. The summed E-state index contributed by atoms with van der Waals surface area (Å²) in [6.07, 6.45) is 4.24. The van der Waals surface area contributed by atoms with Gasteiger partial charge < -0.3 is 5.11 Å². The Balaban J connectivity index is 2.23. The summed E-state index contributed by atoms with van der Waals surface area (Å²) in [7, 11) is 0. The Morgan fingerprint density at radius 1 is 1.73 bits per heavy atom. The lowest BCUT2D eigenvalue weighted by Crippen LogP contribution is -2.05. The van der Waals surface area contributed by atoms with Gasteiger partial charge in [0.15, 0.2) is 0 Å². The Kier molecular flexibility index (Phi) is 3.52. The molecule has 1 N–H and O–H groups in total. The maximum Gasteiger partial charge on any atom is 0.0925 e. The molecule has 1 unspecified atom stereocenters. The standard InChI is InChI=1S/C8H13NOS/c1-2-7(10)3-4-8-9-5-6-11-8/h5-7,10H,2-4H2,1H3. The van der Waals surface area contributed by atoms with E-state index in [1.165, 1.54) is 0 Å². The van der Waals surface area contributed by atoms with Gasteiger partial charge in [0.25, 0.3) is 0 Å². The number of rotatable bonds is 4. The zero-order valence-corrected chi connectivity index (χ0v) is 7.47. The first-order valence-corrected chi connectivity index (χ1v) is 4.77. The molecule has 0 amide bonds. The van der Waals surface area contributed by atoms with Crippen molar-refractivity contribution in [3.63, 3.8) is 0 Å². The van der Waals surface area contributed by atoms with Crippen LogP contribution in [0, 0.1) is 0 Å². The zero-order chi connectivity index (χ0) is 8.10. The van der Waals surface area contributed by atoms with Crippen LogP contribution in [0.3, 0.4) is 0 Å². The maximum absolute atomic E-state index is 9.23. The number of hydrogen-bond acceptors (Lipinski definition) is 3. The number of hydrogen-bond donors (Lipinski definition) is 1. The molecule has 1 aromatic heterocycles. The molecule has 0 bridgehead atoms. The normalized spacial score (nSPS) is 13.3. The lowest BCUT2D eigenvalue weighted by Gasteiger charge is -2.03. The van der Waals surface area contributed by atoms with Crippen molar-refractivity contribution in [2.24, 2.45) is 0 Å². The van der Waals surface area contributed by atoms with Crippen LogP contribution >= 0.6 is 11.3 Å². The van der Waals surface area contributed by atoms with E-state index in [4.69, 9.17) is 0 Å². The van der Waals surface area contributed by atoms with E-state index in [0.717, 1.165) is 24.3 Å². The summed E-state index contributed by atoms with van der Waals surface area (Å²) in [6, 6.07) is 0. The average molecular weight is 171 g/mol. The number of aryl methyl sites for hydroxylation is 1. The van der Waals surface area contributed by atoms with Crippen LogP contribution in [-0.4, -0.2) is 16.2 Å². The largest absolute Gasteiger partial charge is 0.393 e. The van der Waals surface area contributed by atoms with Crippen molar-refractivity contribution in [3.8, 4) is 0 Å². The Hall–Kier alpha value is -0.410. The Bertz CT molecular complexity index is 186. The van der Waals surface area contributed by atoms with Crippen LogP contribution in [0.25, 0.3) is 0 Å². The summed E-state index contributed by atoms with van der Waals surface area (Å²) in [5.74, 6) is 0. The van der Waals surface area contributed by atoms with Gasteiger partial charge in [0, 0.05) is 18.0 Å². The molecule has 1 heterocycles. The highest BCUT2D eigenvalue weighted by Crippen LogP contribution is 2.09. The highest BCUT2D eigenvalue weighted by atomic mass is 32.1. The third kappa shape index (κ3) is 2.99. The van der Waals surface area contributed by atoms with Crippen LogP contribution in [0.4, 0.5) is 0 Å². The smallest absolute Gasteiger partial charge is 0.0925 e. The number of thiazole rings is 1. The van der Waals surface area contributed by atoms with Crippen LogP contribution in [-0.2, 0) is 6.42 Å². The first kappa shape index (κ1) is 8.68. The summed E-state index contributed by atoms with van der Waals surface area (Å²) < 4.78 is 0. The Morgan fingerprint density at radius 2 is 2.55 bits per heavy atom. The molecule has 62 valence electrons. The Labute approximate surface area is 70.9 Å². The number of aliphatic hydroxyl groups is 1. The third-order valence-corrected chi connectivity index (χ3v) is 2.49. The summed E-state index contributed by atoms with van der Waals surface area (Å²) >= 11 is 1.65. The number of nitrogens with zero attached hydrogens (tertiary/aromatic N) is 1. The predicted molar refractivity (Wildman–Crippen MR) is 46.7 cm³/mol. The molecule has 0 fully saturated rings. The molecule has 0 aliphatic heterocycles. The average Bonchev–Trinajstić information content (AvgIpc) is 2.52. The molecule has 2 nitrogen and oxygen atoms in total. The van der Waals surface area contributed by atoms with Crippen molar-refractivity contribution in [3.05, 3.63) is 16.6 Å². The van der Waals surface area contributed by atoms with E-state index in [1.807, 2.05) is 12.3 Å². The fourth-order valence-corrected chi connectivity index (χ4v) is 1.51. The van der Waals surface area contributed by atoms with Gasteiger partial charge in [-0.15, -0.1) is 11.3 Å². The number of aliphatic hydroxyl groups excluding tert-OH is 1. The molecule has 0 saturated heterocycles. The molecule has 11 heavy (non-hydrogen) atoms. The molecule has 0 aliphatic carbocycles. The van der Waals surface area contributed by atoms with Crippen LogP contribution in [0.1, 0.15) is 24.8 Å². The minimum Gasteiger partial charge on any atom is -0.393 e. The molecule has 3 heteroatoms. The lowest BCUT2D eigenvalue weighted by molar-refractivity contribution is 0.160. The van der Waals surface area contributed by atoms with Gasteiger partial charge in [-0.1, -0.05) is 6.92 Å². The predicted octanol–water partition coefficient (Wildman–Crippen LogP) is 1.85. The van der Waals surface area contributed by atoms with Crippen LogP contribution in [0.5, 0.6) is 0 Å². The van der Waals surface area contributed by atoms with Gasteiger partial charge in [-0.3, -0.25) is 0 Å². The Morgan fingerprint density at radius 3 is 3.09 bits per heavy atom. The van der Waals surface area contributed by atoms with Crippen molar-refractivity contribution in [2.45, 2.75) is 32.3 Å². The first-order chi connectivity index (χ1) is 5.33. The van der Waals surface area contributed by atoms with Crippen molar-refractivity contribution in [1.29, 1.82) is 0 Å². The van der Waals surface area contributed by atoms with Crippen LogP contribution in [0.2, 0.25) is 0 Å². The summed E-state index contributed by atoms with van der Waals surface area (Å²) in [5.41, 5.74) is 0. The number of aromatic nitrogens is 1. The van der Waals surface area contributed by atoms with E-state index in [9.17, 15) is 5.11 Å². The second-order valence-corrected chi connectivity index (χ2v) is 3.51. The fourth-order valence-electron chi connectivity index (χ4n) is 0.871. The molecule has 1 rings (SSSR count).